The monoisotopic (exact) mass is 248 g/mol. The molecule has 0 fully saturated rings. The molecule has 2 rings (SSSR count). The van der Waals surface area contributed by atoms with Crippen LogP contribution in [-0.2, 0) is 0 Å². The van der Waals surface area contributed by atoms with Crippen molar-refractivity contribution in [1.82, 2.24) is 9.97 Å². The van der Waals surface area contributed by atoms with Crippen molar-refractivity contribution in [3.8, 4) is 0 Å². The number of nitrogen functional groups attached to an aromatic ring is 1. The Hall–Kier alpha value is -1.95. The third kappa shape index (κ3) is 2.42. The van der Waals surface area contributed by atoms with Crippen molar-refractivity contribution in [3.63, 3.8) is 0 Å². The number of aryl methyl sites for hydroxylation is 2. The maximum atomic E-state index is 11.9. The van der Waals surface area contributed by atoms with Crippen LogP contribution in [0.3, 0.4) is 0 Å². The molecule has 5 nitrogen and oxygen atoms in total. The van der Waals surface area contributed by atoms with E-state index in [-0.39, 0.29) is 5.91 Å². The molecule has 0 bridgehead atoms. The molecule has 6 heteroatoms. The van der Waals surface area contributed by atoms with Crippen molar-refractivity contribution in [1.29, 1.82) is 0 Å². The summed E-state index contributed by atoms with van der Waals surface area (Å²) in [6, 6.07) is 1.59. The van der Waals surface area contributed by atoms with E-state index in [0.29, 0.717) is 16.4 Å². The zero-order chi connectivity index (χ0) is 12.4. The highest BCUT2D eigenvalue weighted by molar-refractivity contribution is 7.15. The summed E-state index contributed by atoms with van der Waals surface area (Å²) in [6.07, 6.45) is 2.99. The summed E-state index contributed by atoms with van der Waals surface area (Å²) in [5, 5.41) is 3.29. The lowest BCUT2D eigenvalue weighted by atomic mass is 10.2. The summed E-state index contributed by atoms with van der Waals surface area (Å²) in [5.41, 5.74) is 7.38. The van der Waals surface area contributed by atoms with E-state index in [9.17, 15) is 4.79 Å². The molecule has 0 radical (unpaired) electrons. The van der Waals surface area contributed by atoms with Gasteiger partial charge in [-0.25, -0.2) is 4.98 Å². The van der Waals surface area contributed by atoms with Crippen LogP contribution in [0.2, 0.25) is 0 Å². The standard InChI is InChI=1S/C11H12N4OS/c1-6-7(2)17-11(14-6)15-10(16)8-5-13-4-3-9(8)12/h3-5H,1-2H3,(H2,12,13)(H,14,15,16). The van der Waals surface area contributed by atoms with Gasteiger partial charge in [0.05, 0.1) is 11.3 Å². The van der Waals surface area contributed by atoms with Crippen LogP contribution in [0.5, 0.6) is 0 Å². The number of hydrogen-bond donors (Lipinski definition) is 2. The minimum Gasteiger partial charge on any atom is -0.398 e. The molecule has 0 saturated carbocycles. The molecule has 0 spiro atoms. The highest BCUT2D eigenvalue weighted by Crippen LogP contribution is 2.22. The predicted molar refractivity (Wildman–Crippen MR) is 68.2 cm³/mol. The summed E-state index contributed by atoms with van der Waals surface area (Å²) in [6.45, 7) is 3.86. The lowest BCUT2D eigenvalue weighted by Crippen LogP contribution is -2.14. The lowest BCUT2D eigenvalue weighted by Gasteiger charge is -2.03. The number of nitrogens with one attached hydrogen (secondary N) is 1. The van der Waals surface area contributed by atoms with E-state index < -0.39 is 0 Å². The number of aromatic nitrogens is 2. The van der Waals surface area contributed by atoms with Crippen molar-refractivity contribution in [2.45, 2.75) is 13.8 Å². The topological polar surface area (TPSA) is 80.9 Å². The Labute approximate surface area is 103 Å². The van der Waals surface area contributed by atoms with Crippen LogP contribution in [0.15, 0.2) is 18.5 Å². The molecule has 2 aromatic heterocycles. The molecule has 0 unspecified atom stereocenters. The Morgan fingerprint density at radius 3 is 2.82 bits per heavy atom. The molecule has 17 heavy (non-hydrogen) atoms. The summed E-state index contributed by atoms with van der Waals surface area (Å²) < 4.78 is 0. The van der Waals surface area contributed by atoms with Gasteiger partial charge in [0, 0.05) is 23.0 Å². The third-order valence-corrected chi connectivity index (χ3v) is 3.34. The lowest BCUT2D eigenvalue weighted by molar-refractivity contribution is 0.102. The molecule has 2 heterocycles. The zero-order valence-electron chi connectivity index (χ0n) is 9.52. The Kier molecular flexibility index (Phi) is 3.06. The van der Waals surface area contributed by atoms with Gasteiger partial charge in [-0.1, -0.05) is 0 Å². The molecule has 0 aliphatic heterocycles. The molecule has 3 N–H and O–H groups in total. The Bertz CT molecular complexity index is 545. The van der Waals surface area contributed by atoms with Gasteiger partial charge in [0.1, 0.15) is 0 Å². The maximum Gasteiger partial charge on any atom is 0.261 e. The van der Waals surface area contributed by atoms with E-state index in [0.717, 1.165) is 10.6 Å². The van der Waals surface area contributed by atoms with Gasteiger partial charge in [0.15, 0.2) is 5.13 Å². The van der Waals surface area contributed by atoms with Crippen molar-refractivity contribution < 1.29 is 4.79 Å². The van der Waals surface area contributed by atoms with Gasteiger partial charge < -0.3 is 5.73 Å². The number of amides is 1. The second kappa shape index (κ2) is 4.50. The maximum absolute atomic E-state index is 11.9. The van der Waals surface area contributed by atoms with Crippen molar-refractivity contribution >= 4 is 28.1 Å². The average molecular weight is 248 g/mol. The molecule has 0 aliphatic rings. The van der Waals surface area contributed by atoms with Gasteiger partial charge in [-0.05, 0) is 19.9 Å². The number of carbonyl (C=O) groups is 1. The molecular weight excluding hydrogens is 236 g/mol. The van der Waals surface area contributed by atoms with E-state index in [1.165, 1.54) is 17.5 Å². The van der Waals surface area contributed by atoms with Crippen LogP contribution in [0.4, 0.5) is 10.8 Å². The molecule has 0 saturated heterocycles. The molecule has 88 valence electrons. The first-order valence-electron chi connectivity index (χ1n) is 5.03. The first-order valence-corrected chi connectivity index (χ1v) is 5.84. The van der Waals surface area contributed by atoms with E-state index in [1.54, 1.807) is 12.3 Å². The van der Waals surface area contributed by atoms with Gasteiger partial charge >= 0.3 is 0 Å². The van der Waals surface area contributed by atoms with E-state index in [4.69, 9.17) is 5.73 Å². The van der Waals surface area contributed by atoms with Crippen LogP contribution >= 0.6 is 11.3 Å². The van der Waals surface area contributed by atoms with Gasteiger partial charge in [-0.15, -0.1) is 11.3 Å². The van der Waals surface area contributed by atoms with Crippen LogP contribution in [0.25, 0.3) is 0 Å². The van der Waals surface area contributed by atoms with E-state index >= 15 is 0 Å². The number of hydrogen-bond acceptors (Lipinski definition) is 5. The van der Waals surface area contributed by atoms with Crippen molar-refractivity contribution in [2.75, 3.05) is 11.1 Å². The molecule has 0 atom stereocenters. The molecule has 0 aliphatic carbocycles. The Morgan fingerprint density at radius 1 is 1.47 bits per heavy atom. The normalized spacial score (nSPS) is 10.2. The fourth-order valence-corrected chi connectivity index (χ4v) is 2.10. The van der Waals surface area contributed by atoms with Gasteiger partial charge in [0.25, 0.3) is 5.91 Å². The number of pyridine rings is 1. The summed E-state index contributed by atoms with van der Waals surface area (Å²) in [5.74, 6) is -0.288. The first-order chi connectivity index (χ1) is 8.08. The largest absolute Gasteiger partial charge is 0.398 e. The van der Waals surface area contributed by atoms with Gasteiger partial charge in [-0.2, -0.15) is 0 Å². The number of carbonyl (C=O) groups excluding carboxylic acids is 1. The number of thiazole rings is 1. The molecular formula is C11H12N4OS. The second-order valence-electron chi connectivity index (χ2n) is 3.58. The quantitative estimate of drug-likeness (QED) is 0.851. The Balaban J connectivity index is 2.20. The van der Waals surface area contributed by atoms with Gasteiger partial charge in [-0.3, -0.25) is 15.1 Å². The van der Waals surface area contributed by atoms with Crippen LogP contribution in [-0.4, -0.2) is 15.9 Å². The highest BCUT2D eigenvalue weighted by Gasteiger charge is 2.12. The summed E-state index contributed by atoms with van der Waals surface area (Å²) >= 11 is 1.44. The van der Waals surface area contributed by atoms with Crippen molar-refractivity contribution in [3.05, 3.63) is 34.6 Å². The fourth-order valence-electron chi connectivity index (χ4n) is 1.29. The number of nitrogens with two attached hydrogens (primary N) is 1. The number of nitrogens with zero attached hydrogens (tertiary/aromatic N) is 2. The van der Waals surface area contributed by atoms with Crippen LogP contribution in [0.1, 0.15) is 20.9 Å². The first kappa shape index (κ1) is 11.5. The second-order valence-corrected chi connectivity index (χ2v) is 4.78. The zero-order valence-corrected chi connectivity index (χ0v) is 10.3. The van der Waals surface area contributed by atoms with Gasteiger partial charge in [0.2, 0.25) is 0 Å². The summed E-state index contributed by atoms with van der Waals surface area (Å²) in [7, 11) is 0. The predicted octanol–water partition coefficient (Wildman–Crippen LogP) is 1.99. The average Bonchev–Trinajstić information content (AvgIpc) is 2.58. The highest BCUT2D eigenvalue weighted by atomic mass is 32.1. The SMILES string of the molecule is Cc1nc(NC(=O)c2cnccc2N)sc1C. The minimum atomic E-state index is -0.288. The number of anilines is 2. The van der Waals surface area contributed by atoms with E-state index in [1.807, 2.05) is 13.8 Å². The fraction of sp³-hybridized carbons (Fsp3) is 0.182. The molecule has 0 aromatic carbocycles. The van der Waals surface area contributed by atoms with E-state index in [2.05, 4.69) is 15.3 Å². The smallest absolute Gasteiger partial charge is 0.261 e. The van der Waals surface area contributed by atoms with Crippen LogP contribution in [0, 0.1) is 13.8 Å². The number of rotatable bonds is 2. The summed E-state index contributed by atoms with van der Waals surface area (Å²) in [4.78, 5) is 21.1. The third-order valence-electron chi connectivity index (χ3n) is 2.35. The minimum absolute atomic E-state index is 0.288. The molecule has 1 amide bonds. The van der Waals surface area contributed by atoms with Crippen molar-refractivity contribution in [2.24, 2.45) is 0 Å². The molecule has 2 aromatic rings. The Morgan fingerprint density at radius 2 is 2.24 bits per heavy atom. The van der Waals surface area contributed by atoms with Crippen LogP contribution < -0.4 is 11.1 Å².